The SMILES string of the molecule is Nc1cc(C#CCCNC(=O)OCc2ccccc2)ccc1O. The maximum absolute atomic E-state index is 11.5. The minimum atomic E-state index is -0.468. The summed E-state index contributed by atoms with van der Waals surface area (Å²) in [7, 11) is 0. The minimum Gasteiger partial charge on any atom is -0.506 e. The second-order valence-corrected chi connectivity index (χ2v) is 4.81. The lowest BCUT2D eigenvalue weighted by Gasteiger charge is -2.05. The highest BCUT2D eigenvalue weighted by Crippen LogP contribution is 2.19. The monoisotopic (exact) mass is 310 g/mol. The number of rotatable bonds is 4. The fourth-order valence-corrected chi connectivity index (χ4v) is 1.80. The molecule has 0 aliphatic carbocycles. The van der Waals surface area contributed by atoms with Crippen LogP contribution < -0.4 is 11.1 Å². The van der Waals surface area contributed by atoms with Crippen LogP contribution in [0.25, 0.3) is 0 Å². The lowest BCUT2D eigenvalue weighted by molar-refractivity contribution is 0.140. The van der Waals surface area contributed by atoms with Gasteiger partial charge < -0.3 is 20.9 Å². The second kappa shape index (κ2) is 8.35. The number of nitrogens with one attached hydrogen (secondary N) is 1. The van der Waals surface area contributed by atoms with E-state index in [1.165, 1.54) is 6.07 Å². The Morgan fingerprint density at radius 3 is 2.74 bits per heavy atom. The first-order chi connectivity index (χ1) is 11.1. The Morgan fingerprint density at radius 1 is 1.22 bits per heavy atom. The van der Waals surface area contributed by atoms with Crippen LogP contribution in [0.2, 0.25) is 0 Å². The summed E-state index contributed by atoms with van der Waals surface area (Å²) in [6.45, 7) is 0.638. The van der Waals surface area contributed by atoms with Gasteiger partial charge in [0.2, 0.25) is 0 Å². The Morgan fingerprint density at radius 2 is 2.00 bits per heavy atom. The van der Waals surface area contributed by atoms with Gasteiger partial charge in [-0.3, -0.25) is 0 Å². The number of hydrogen-bond donors (Lipinski definition) is 3. The van der Waals surface area contributed by atoms with Crippen LogP contribution in [-0.4, -0.2) is 17.7 Å². The molecule has 5 heteroatoms. The van der Waals surface area contributed by atoms with Crippen LogP contribution in [0.15, 0.2) is 48.5 Å². The molecule has 1 amide bonds. The number of aromatic hydroxyl groups is 1. The van der Waals surface area contributed by atoms with Crippen LogP contribution in [0, 0.1) is 11.8 Å². The molecule has 5 nitrogen and oxygen atoms in total. The number of anilines is 1. The number of amides is 1. The molecule has 0 aromatic heterocycles. The summed E-state index contributed by atoms with van der Waals surface area (Å²) in [6, 6.07) is 14.3. The highest BCUT2D eigenvalue weighted by Gasteiger charge is 2.00. The highest BCUT2D eigenvalue weighted by atomic mass is 16.5. The van der Waals surface area contributed by atoms with Gasteiger partial charge in [0, 0.05) is 18.5 Å². The van der Waals surface area contributed by atoms with E-state index in [-0.39, 0.29) is 12.4 Å². The average molecular weight is 310 g/mol. The number of hydrogen-bond acceptors (Lipinski definition) is 4. The maximum Gasteiger partial charge on any atom is 0.407 e. The van der Waals surface area contributed by atoms with E-state index in [9.17, 15) is 9.90 Å². The summed E-state index contributed by atoms with van der Waals surface area (Å²) >= 11 is 0. The third kappa shape index (κ3) is 5.64. The molecule has 2 aromatic rings. The van der Waals surface area contributed by atoms with Crippen molar-refractivity contribution in [3.8, 4) is 17.6 Å². The van der Waals surface area contributed by atoms with Gasteiger partial charge in [0.1, 0.15) is 12.4 Å². The number of carbonyl (C=O) groups is 1. The molecule has 0 spiro atoms. The number of nitrogens with two attached hydrogens (primary N) is 1. The zero-order valence-corrected chi connectivity index (χ0v) is 12.6. The smallest absolute Gasteiger partial charge is 0.407 e. The van der Waals surface area contributed by atoms with Crippen molar-refractivity contribution in [2.24, 2.45) is 0 Å². The van der Waals surface area contributed by atoms with Crippen LogP contribution in [0.3, 0.4) is 0 Å². The molecule has 2 rings (SSSR count). The van der Waals surface area contributed by atoms with E-state index in [0.717, 1.165) is 5.56 Å². The molecule has 23 heavy (non-hydrogen) atoms. The van der Waals surface area contributed by atoms with Crippen molar-refractivity contribution in [1.82, 2.24) is 5.32 Å². The number of phenols is 1. The van der Waals surface area contributed by atoms with E-state index in [1.807, 2.05) is 30.3 Å². The molecular formula is C18H18N2O3. The van der Waals surface area contributed by atoms with Crippen LogP contribution >= 0.6 is 0 Å². The summed E-state index contributed by atoms with van der Waals surface area (Å²) in [6.07, 6.45) is 0.0193. The first-order valence-corrected chi connectivity index (χ1v) is 7.17. The van der Waals surface area contributed by atoms with E-state index >= 15 is 0 Å². The largest absolute Gasteiger partial charge is 0.506 e. The molecule has 0 atom stereocenters. The van der Waals surface area contributed by atoms with Crippen LogP contribution in [0.1, 0.15) is 17.5 Å². The number of nitrogen functional groups attached to an aromatic ring is 1. The molecule has 0 aliphatic heterocycles. The van der Waals surface area contributed by atoms with Crippen molar-refractivity contribution in [2.45, 2.75) is 13.0 Å². The van der Waals surface area contributed by atoms with Gasteiger partial charge in [0.25, 0.3) is 0 Å². The lowest BCUT2D eigenvalue weighted by Crippen LogP contribution is -2.24. The first kappa shape index (κ1) is 16.2. The Kier molecular flexibility index (Phi) is 5.89. The summed E-state index contributed by atoms with van der Waals surface area (Å²) in [5.41, 5.74) is 7.52. The van der Waals surface area contributed by atoms with Crippen molar-refractivity contribution in [3.05, 3.63) is 59.7 Å². The quantitative estimate of drug-likeness (QED) is 0.351. The minimum absolute atomic E-state index is 0.0402. The molecule has 0 bridgehead atoms. The fraction of sp³-hybridized carbons (Fsp3) is 0.167. The average Bonchev–Trinajstić information content (AvgIpc) is 2.57. The predicted octanol–water partition coefficient (Wildman–Crippen LogP) is 2.64. The van der Waals surface area contributed by atoms with E-state index in [4.69, 9.17) is 10.5 Å². The molecule has 0 saturated heterocycles. The summed E-state index contributed by atoms with van der Waals surface area (Å²) in [5, 5.41) is 11.9. The third-order valence-electron chi connectivity index (χ3n) is 2.99. The van der Waals surface area contributed by atoms with Crippen LogP contribution in [0.5, 0.6) is 5.75 Å². The number of alkyl carbamates (subject to hydrolysis) is 1. The van der Waals surface area contributed by atoms with E-state index in [2.05, 4.69) is 17.2 Å². The van der Waals surface area contributed by atoms with Gasteiger partial charge in [-0.2, -0.15) is 0 Å². The van der Waals surface area contributed by atoms with Crippen molar-refractivity contribution in [2.75, 3.05) is 12.3 Å². The molecule has 0 radical (unpaired) electrons. The third-order valence-corrected chi connectivity index (χ3v) is 2.99. The molecule has 0 heterocycles. The van der Waals surface area contributed by atoms with Gasteiger partial charge in [-0.1, -0.05) is 42.2 Å². The number of phenolic OH excluding ortho intramolecular Hbond substituents is 1. The van der Waals surface area contributed by atoms with E-state index < -0.39 is 6.09 Å². The summed E-state index contributed by atoms with van der Waals surface area (Å²) in [5.74, 6) is 5.87. The molecular weight excluding hydrogens is 292 g/mol. The molecule has 4 N–H and O–H groups in total. The first-order valence-electron chi connectivity index (χ1n) is 7.17. The van der Waals surface area contributed by atoms with Crippen LogP contribution in [-0.2, 0) is 11.3 Å². The molecule has 2 aromatic carbocycles. The maximum atomic E-state index is 11.5. The predicted molar refractivity (Wildman–Crippen MR) is 88.6 cm³/mol. The van der Waals surface area contributed by atoms with Gasteiger partial charge in [0.05, 0.1) is 5.69 Å². The Hall–Kier alpha value is -3.13. The van der Waals surface area contributed by atoms with E-state index in [1.54, 1.807) is 12.1 Å². The summed E-state index contributed by atoms with van der Waals surface area (Å²) in [4.78, 5) is 11.5. The highest BCUT2D eigenvalue weighted by molar-refractivity contribution is 5.67. The van der Waals surface area contributed by atoms with Gasteiger partial charge in [-0.25, -0.2) is 4.79 Å². The standard InChI is InChI=1S/C18H18N2O3/c19-16-12-14(9-10-17(16)21)6-4-5-11-20-18(22)23-13-15-7-2-1-3-8-15/h1-3,7-10,12,21H,5,11,13,19H2,(H,20,22). The van der Waals surface area contributed by atoms with E-state index in [0.29, 0.717) is 24.2 Å². The van der Waals surface area contributed by atoms with Gasteiger partial charge in [-0.05, 0) is 23.8 Å². The Bertz CT molecular complexity index is 718. The zero-order chi connectivity index (χ0) is 16.5. The van der Waals surface area contributed by atoms with Gasteiger partial charge in [-0.15, -0.1) is 0 Å². The Labute approximate surface area is 135 Å². The van der Waals surface area contributed by atoms with Crippen LogP contribution in [0.4, 0.5) is 10.5 Å². The summed E-state index contributed by atoms with van der Waals surface area (Å²) < 4.78 is 5.08. The lowest BCUT2D eigenvalue weighted by atomic mass is 10.2. The molecule has 0 aliphatic rings. The molecule has 0 saturated carbocycles. The Balaban J connectivity index is 1.68. The van der Waals surface area contributed by atoms with Crippen molar-refractivity contribution in [3.63, 3.8) is 0 Å². The second-order valence-electron chi connectivity index (χ2n) is 4.81. The topological polar surface area (TPSA) is 84.6 Å². The fourth-order valence-electron chi connectivity index (χ4n) is 1.80. The van der Waals surface area contributed by atoms with Gasteiger partial charge in [0.15, 0.2) is 0 Å². The normalized spacial score (nSPS) is 9.57. The van der Waals surface area contributed by atoms with Crippen molar-refractivity contribution >= 4 is 11.8 Å². The van der Waals surface area contributed by atoms with Crippen molar-refractivity contribution < 1.29 is 14.6 Å². The zero-order valence-electron chi connectivity index (χ0n) is 12.6. The van der Waals surface area contributed by atoms with Crippen molar-refractivity contribution in [1.29, 1.82) is 0 Å². The number of ether oxygens (including phenoxy) is 1. The number of benzene rings is 2. The van der Waals surface area contributed by atoms with Gasteiger partial charge >= 0.3 is 6.09 Å². The molecule has 0 unspecified atom stereocenters. The molecule has 0 fully saturated rings. The number of carbonyl (C=O) groups excluding carboxylic acids is 1. The molecule has 118 valence electrons.